The second-order valence-electron chi connectivity index (χ2n) is 7.30. The fourth-order valence-electron chi connectivity index (χ4n) is 3.51. The number of likely N-dealkylation sites (tertiary alicyclic amines) is 1. The Bertz CT molecular complexity index is 642. The van der Waals surface area contributed by atoms with Crippen molar-refractivity contribution in [1.82, 2.24) is 10.2 Å². The minimum atomic E-state index is -0.0487. The Morgan fingerprint density at radius 1 is 1.04 bits per heavy atom. The lowest BCUT2D eigenvalue weighted by Crippen LogP contribution is -2.45. The zero-order valence-electron chi connectivity index (χ0n) is 15.8. The third-order valence-corrected chi connectivity index (χ3v) is 5.45. The summed E-state index contributed by atoms with van der Waals surface area (Å²) >= 11 is 0. The highest BCUT2D eigenvalue weighted by atomic mass is 16.5. The summed E-state index contributed by atoms with van der Waals surface area (Å²) in [6, 6.07) is 5.46. The van der Waals surface area contributed by atoms with Gasteiger partial charge in [0.1, 0.15) is 11.5 Å². The number of rotatable bonds is 6. The van der Waals surface area contributed by atoms with Crippen molar-refractivity contribution in [3.05, 3.63) is 23.8 Å². The quantitative estimate of drug-likeness (QED) is 0.846. The highest BCUT2D eigenvalue weighted by Gasteiger charge is 2.32. The Morgan fingerprint density at radius 3 is 2.12 bits per heavy atom. The third kappa shape index (κ3) is 4.29. The Morgan fingerprint density at radius 2 is 1.62 bits per heavy atom. The van der Waals surface area contributed by atoms with Crippen LogP contribution in [0.1, 0.15) is 43.0 Å². The van der Waals surface area contributed by atoms with Gasteiger partial charge < -0.3 is 19.7 Å². The monoisotopic (exact) mass is 360 g/mol. The molecule has 142 valence electrons. The summed E-state index contributed by atoms with van der Waals surface area (Å²) in [4.78, 5) is 27.0. The van der Waals surface area contributed by atoms with Gasteiger partial charge in [-0.2, -0.15) is 0 Å². The van der Waals surface area contributed by atoms with Crippen LogP contribution < -0.4 is 14.8 Å². The predicted octanol–water partition coefficient (Wildman–Crippen LogP) is 2.47. The summed E-state index contributed by atoms with van der Waals surface area (Å²) in [7, 11) is 3.13. The maximum Gasteiger partial charge on any atom is 0.254 e. The molecule has 2 fully saturated rings. The normalized spacial score (nSPS) is 19.0. The average Bonchev–Trinajstić information content (AvgIpc) is 3.52. The van der Waals surface area contributed by atoms with Crippen molar-refractivity contribution >= 4 is 11.8 Å². The molecule has 1 saturated carbocycles. The maximum absolute atomic E-state index is 12.8. The van der Waals surface area contributed by atoms with Gasteiger partial charge in [0, 0.05) is 36.7 Å². The molecule has 0 aromatic heterocycles. The largest absolute Gasteiger partial charge is 0.497 e. The van der Waals surface area contributed by atoms with E-state index in [2.05, 4.69) is 12.2 Å². The molecule has 1 aliphatic heterocycles. The van der Waals surface area contributed by atoms with E-state index in [4.69, 9.17) is 9.47 Å². The zero-order valence-corrected chi connectivity index (χ0v) is 15.8. The van der Waals surface area contributed by atoms with E-state index in [-0.39, 0.29) is 23.8 Å². The summed E-state index contributed by atoms with van der Waals surface area (Å²) in [5, 5.41) is 3.14. The molecule has 1 heterocycles. The number of methoxy groups -OCH3 is 2. The second kappa shape index (κ2) is 7.98. The van der Waals surface area contributed by atoms with E-state index in [9.17, 15) is 9.59 Å². The number of carbonyl (C=O) groups excluding carboxylic acids is 2. The van der Waals surface area contributed by atoms with E-state index >= 15 is 0 Å². The highest BCUT2D eigenvalue weighted by molar-refractivity contribution is 5.95. The van der Waals surface area contributed by atoms with E-state index in [0.717, 1.165) is 0 Å². The highest BCUT2D eigenvalue weighted by Crippen LogP contribution is 2.32. The van der Waals surface area contributed by atoms with Crippen LogP contribution >= 0.6 is 0 Å². The number of hydrogen-bond acceptors (Lipinski definition) is 4. The number of amides is 2. The number of nitrogens with one attached hydrogen (secondary N) is 1. The third-order valence-electron chi connectivity index (χ3n) is 5.45. The van der Waals surface area contributed by atoms with E-state index in [0.29, 0.717) is 48.9 Å². The first kappa shape index (κ1) is 18.5. The van der Waals surface area contributed by atoms with Crippen molar-refractivity contribution < 1.29 is 19.1 Å². The summed E-state index contributed by atoms with van der Waals surface area (Å²) in [5.41, 5.74) is 0.548. The van der Waals surface area contributed by atoms with E-state index < -0.39 is 0 Å². The summed E-state index contributed by atoms with van der Waals surface area (Å²) < 4.78 is 10.5. The van der Waals surface area contributed by atoms with Crippen LogP contribution in [-0.4, -0.2) is 50.1 Å². The zero-order chi connectivity index (χ0) is 18.7. The van der Waals surface area contributed by atoms with Crippen LogP contribution in [-0.2, 0) is 4.79 Å². The van der Waals surface area contributed by atoms with Crippen LogP contribution in [0.2, 0.25) is 0 Å². The van der Waals surface area contributed by atoms with Gasteiger partial charge in [0.05, 0.1) is 14.2 Å². The first-order valence-corrected chi connectivity index (χ1v) is 9.34. The molecule has 1 aromatic carbocycles. The molecule has 1 aliphatic carbocycles. The van der Waals surface area contributed by atoms with Gasteiger partial charge in [0.25, 0.3) is 5.91 Å². The Balaban J connectivity index is 1.57. The summed E-state index contributed by atoms with van der Waals surface area (Å²) in [6.07, 6.45) is 3.85. The molecule has 3 rings (SSSR count). The standard InChI is InChI=1S/C20H28N2O4/c1-13(14-4-5-14)21-19(23)15-6-8-22(9-7-15)20(24)16-10-17(25-2)12-18(11-16)26-3/h10-15H,4-9H2,1-3H3,(H,21,23). The lowest BCUT2D eigenvalue weighted by atomic mass is 9.95. The van der Waals surface area contributed by atoms with Gasteiger partial charge in [0.2, 0.25) is 5.91 Å². The lowest BCUT2D eigenvalue weighted by molar-refractivity contribution is -0.127. The SMILES string of the molecule is COc1cc(OC)cc(C(=O)N2CCC(C(=O)NC(C)C3CC3)CC2)c1. The summed E-state index contributed by atoms with van der Waals surface area (Å²) in [6.45, 7) is 3.27. The van der Waals surface area contributed by atoms with Crippen molar-refractivity contribution in [3.8, 4) is 11.5 Å². The molecule has 2 aliphatic rings. The molecule has 1 aromatic rings. The van der Waals surface area contributed by atoms with Crippen molar-refractivity contribution in [2.45, 2.75) is 38.6 Å². The maximum atomic E-state index is 12.8. The van der Waals surface area contributed by atoms with Crippen LogP contribution in [0, 0.1) is 11.8 Å². The van der Waals surface area contributed by atoms with Gasteiger partial charge in [-0.15, -0.1) is 0 Å². The Kier molecular flexibility index (Phi) is 5.69. The van der Waals surface area contributed by atoms with Crippen molar-refractivity contribution in [1.29, 1.82) is 0 Å². The number of benzene rings is 1. The molecule has 26 heavy (non-hydrogen) atoms. The van der Waals surface area contributed by atoms with E-state index in [1.807, 2.05) is 4.90 Å². The van der Waals surface area contributed by atoms with Gasteiger partial charge in [-0.25, -0.2) is 0 Å². The smallest absolute Gasteiger partial charge is 0.254 e. The minimum absolute atomic E-state index is 0.0000885. The number of hydrogen-bond donors (Lipinski definition) is 1. The average molecular weight is 360 g/mol. The number of nitrogens with zero attached hydrogens (tertiary/aromatic N) is 1. The van der Waals surface area contributed by atoms with Crippen molar-refractivity contribution in [2.24, 2.45) is 11.8 Å². The van der Waals surface area contributed by atoms with Gasteiger partial charge in [-0.3, -0.25) is 9.59 Å². The summed E-state index contributed by atoms with van der Waals surface area (Å²) in [5.74, 6) is 1.93. The fraction of sp³-hybridized carbons (Fsp3) is 0.600. The van der Waals surface area contributed by atoms with Gasteiger partial charge in [-0.1, -0.05) is 0 Å². The first-order valence-electron chi connectivity index (χ1n) is 9.34. The van der Waals surface area contributed by atoms with E-state index in [1.54, 1.807) is 32.4 Å². The van der Waals surface area contributed by atoms with Crippen LogP contribution in [0.25, 0.3) is 0 Å². The van der Waals surface area contributed by atoms with Crippen molar-refractivity contribution in [3.63, 3.8) is 0 Å². The molecule has 1 atom stereocenters. The Hall–Kier alpha value is -2.24. The molecule has 6 heteroatoms. The van der Waals surface area contributed by atoms with Crippen molar-refractivity contribution in [2.75, 3.05) is 27.3 Å². The second-order valence-corrected chi connectivity index (χ2v) is 7.30. The molecule has 1 N–H and O–H groups in total. The lowest BCUT2D eigenvalue weighted by Gasteiger charge is -2.32. The van der Waals surface area contributed by atoms with E-state index in [1.165, 1.54) is 12.8 Å². The van der Waals surface area contributed by atoms with Crippen LogP contribution in [0.15, 0.2) is 18.2 Å². The molecule has 6 nitrogen and oxygen atoms in total. The molecular weight excluding hydrogens is 332 g/mol. The molecular formula is C20H28N2O4. The molecule has 1 unspecified atom stereocenters. The van der Waals surface area contributed by atoms with Crippen LogP contribution in [0.5, 0.6) is 11.5 Å². The minimum Gasteiger partial charge on any atom is -0.497 e. The molecule has 2 amide bonds. The number of carbonyl (C=O) groups is 2. The topological polar surface area (TPSA) is 67.9 Å². The van der Waals surface area contributed by atoms with Gasteiger partial charge >= 0.3 is 0 Å². The Labute approximate surface area is 154 Å². The fourth-order valence-corrected chi connectivity index (χ4v) is 3.51. The number of piperidine rings is 1. The molecule has 0 spiro atoms. The van der Waals surface area contributed by atoms with Gasteiger partial charge in [0.15, 0.2) is 0 Å². The van der Waals surface area contributed by atoms with Crippen LogP contribution in [0.4, 0.5) is 0 Å². The molecule has 0 bridgehead atoms. The molecule has 1 saturated heterocycles. The van der Waals surface area contributed by atoms with Crippen LogP contribution in [0.3, 0.4) is 0 Å². The number of ether oxygens (including phenoxy) is 2. The predicted molar refractivity (Wildman–Crippen MR) is 98.5 cm³/mol. The first-order chi connectivity index (χ1) is 12.5. The molecule has 0 radical (unpaired) electrons. The van der Waals surface area contributed by atoms with Gasteiger partial charge in [-0.05, 0) is 50.7 Å².